The third-order valence-corrected chi connectivity index (χ3v) is 2.96. The maximum absolute atomic E-state index is 12.5. The van der Waals surface area contributed by atoms with Crippen LogP contribution in [0.25, 0.3) is 0 Å². The standard InChI is InChI=1S/C10H13F3N4/c11-10(12,13)7-1-3-17(4-2-7)9-5-8(14)15-6-16-9/h5-7H,1-4H2,(H2,14,15,16). The van der Waals surface area contributed by atoms with Gasteiger partial charge in [0.05, 0.1) is 5.92 Å². The van der Waals surface area contributed by atoms with Crippen molar-refractivity contribution in [2.75, 3.05) is 23.7 Å². The Kier molecular flexibility index (Phi) is 3.08. The molecule has 7 heteroatoms. The molecule has 0 saturated carbocycles. The molecule has 94 valence electrons. The summed E-state index contributed by atoms with van der Waals surface area (Å²) in [7, 11) is 0. The lowest BCUT2D eigenvalue weighted by Crippen LogP contribution is -2.39. The van der Waals surface area contributed by atoms with Crippen LogP contribution in [0.15, 0.2) is 12.4 Å². The summed E-state index contributed by atoms with van der Waals surface area (Å²) in [6.45, 7) is 0.696. The molecule has 0 aliphatic carbocycles. The Morgan fingerprint density at radius 3 is 2.41 bits per heavy atom. The largest absolute Gasteiger partial charge is 0.391 e. The van der Waals surface area contributed by atoms with E-state index in [2.05, 4.69) is 9.97 Å². The zero-order valence-corrected chi connectivity index (χ0v) is 9.11. The molecule has 1 saturated heterocycles. The first-order chi connectivity index (χ1) is 7.97. The van der Waals surface area contributed by atoms with Gasteiger partial charge in [0, 0.05) is 19.2 Å². The van der Waals surface area contributed by atoms with E-state index in [-0.39, 0.29) is 12.8 Å². The fourth-order valence-corrected chi connectivity index (χ4v) is 1.97. The molecule has 0 radical (unpaired) electrons. The lowest BCUT2D eigenvalue weighted by molar-refractivity contribution is -0.179. The van der Waals surface area contributed by atoms with Gasteiger partial charge in [-0.05, 0) is 12.8 Å². The topological polar surface area (TPSA) is 55.0 Å². The van der Waals surface area contributed by atoms with Gasteiger partial charge in [-0.15, -0.1) is 0 Å². The second-order valence-corrected chi connectivity index (χ2v) is 4.10. The average molecular weight is 246 g/mol. The number of alkyl halides is 3. The molecular formula is C10H13F3N4. The third kappa shape index (κ3) is 2.78. The van der Waals surface area contributed by atoms with E-state index < -0.39 is 12.1 Å². The minimum atomic E-state index is -4.09. The molecule has 0 atom stereocenters. The monoisotopic (exact) mass is 246 g/mol. The van der Waals surface area contributed by atoms with Gasteiger partial charge in [-0.25, -0.2) is 9.97 Å². The highest BCUT2D eigenvalue weighted by atomic mass is 19.4. The molecule has 1 aromatic heterocycles. The van der Waals surface area contributed by atoms with Crippen molar-refractivity contribution in [2.45, 2.75) is 19.0 Å². The molecule has 17 heavy (non-hydrogen) atoms. The number of hydrogen-bond donors (Lipinski definition) is 1. The first kappa shape index (κ1) is 11.9. The smallest absolute Gasteiger partial charge is 0.384 e. The molecule has 1 aliphatic heterocycles. The SMILES string of the molecule is Nc1cc(N2CCC(C(F)(F)F)CC2)ncn1. The van der Waals surface area contributed by atoms with Gasteiger partial charge in [-0.2, -0.15) is 13.2 Å². The number of nitrogens with two attached hydrogens (primary N) is 1. The lowest BCUT2D eigenvalue weighted by Gasteiger charge is -2.33. The van der Waals surface area contributed by atoms with Gasteiger partial charge in [-0.3, -0.25) is 0 Å². The van der Waals surface area contributed by atoms with Crippen molar-refractivity contribution >= 4 is 11.6 Å². The number of rotatable bonds is 1. The quantitative estimate of drug-likeness (QED) is 0.821. The van der Waals surface area contributed by atoms with Crippen molar-refractivity contribution < 1.29 is 13.2 Å². The molecule has 0 unspecified atom stereocenters. The maximum Gasteiger partial charge on any atom is 0.391 e. The Balaban J connectivity index is 2.00. The highest BCUT2D eigenvalue weighted by molar-refractivity contribution is 5.46. The summed E-state index contributed by atoms with van der Waals surface area (Å²) in [5, 5.41) is 0. The van der Waals surface area contributed by atoms with Crippen molar-refractivity contribution in [3.8, 4) is 0 Å². The highest BCUT2D eigenvalue weighted by Crippen LogP contribution is 2.34. The Hall–Kier alpha value is -1.53. The Morgan fingerprint density at radius 2 is 1.88 bits per heavy atom. The fourth-order valence-electron chi connectivity index (χ4n) is 1.97. The average Bonchev–Trinajstić information content (AvgIpc) is 2.28. The van der Waals surface area contributed by atoms with Crippen LogP contribution in [0.1, 0.15) is 12.8 Å². The summed E-state index contributed by atoms with van der Waals surface area (Å²) in [6, 6.07) is 1.58. The normalized spacial score (nSPS) is 18.4. The van der Waals surface area contributed by atoms with Gasteiger partial charge in [-0.1, -0.05) is 0 Å². The van der Waals surface area contributed by atoms with Crippen LogP contribution in [0.2, 0.25) is 0 Å². The predicted octanol–water partition coefficient (Wildman–Crippen LogP) is 1.84. The van der Waals surface area contributed by atoms with Crippen molar-refractivity contribution in [1.82, 2.24) is 9.97 Å². The number of anilines is 2. The number of piperidine rings is 1. The third-order valence-electron chi connectivity index (χ3n) is 2.96. The zero-order chi connectivity index (χ0) is 12.5. The molecule has 0 aromatic carbocycles. The van der Waals surface area contributed by atoms with Crippen LogP contribution in [0, 0.1) is 5.92 Å². The van der Waals surface area contributed by atoms with Crippen LogP contribution in [0.3, 0.4) is 0 Å². The van der Waals surface area contributed by atoms with Crippen LogP contribution < -0.4 is 10.6 Å². The Bertz CT molecular complexity index is 385. The molecule has 0 spiro atoms. The van der Waals surface area contributed by atoms with Gasteiger partial charge in [0.2, 0.25) is 0 Å². The summed E-state index contributed by atoms with van der Waals surface area (Å²) < 4.78 is 37.4. The molecule has 0 bridgehead atoms. The van der Waals surface area contributed by atoms with Gasteiger partial charge >= 0.3 is 6.18 Å². The molecular weight excluding hydrogens is 233 g/mol. The second-order valence-electron chi connectivity index (χ2n) is 4.10. The second kappa shape index (κ2) is 4.38. The van der Waals surface area contributed by atoms with Gasteiger partial charge < -0.3 is 10.6 Å². The first-order valence-electron chi connectivity index (χ1n) is 5.36. The van der Waals surface area contributed by atoms with Crippen molar-refractivity contribution in [1.29, 1.82) is 0 Å². The van der Waals surface area contributed by atoms with Crippen LogP contribution in [0.5, 0.6) is 0 Å². The van der Waals surface area contributed by atoms with E-state index in [0.29, 0.717) is 24.7 Å². The predicted molar refractivity (Wildman–Crippen MR) is 57.4 cm³/mol. The number of aromatic nitrogens is 2. The fraction of sp³-hybridized carbons (Fsp3) is 0.600. The van der Waals surface area contributed by atoms with E-state index in [1.807, 2.05) is 0 Å². The van der Waals surface area contributed by atoms with Crippen LogP contribution in [-0.4, -0.2) is 29.2 Å². The molecule has 1 fully saturated rings. The summed E-state index contributed by atoms with van der Waals surface area (Å²) in [5.41, 5.74) is 5.50. The molecule has 2 N–H and O–H groups in total. The molecule has 4 nitrogen and oxygen atoms in total. The van der Waals surface area contributed by atoms with E-state index >= 15 is 0 Å². The molecule has 2 heterocycles. The molecule has 2 rings (SSSR count). The number of hydrogen-bond acceptors (Lipinski definition) is 4. The van der Waals surface area contributed by atoms with Crippen LogP contribution >= 0.6 is 0 Å². The van der Waals surface area contributed by atoms with Crippen molar-refractivity contribution in [3.05, 3.63) is 12.4 Å². The number of halogens is 3. The first-order valence-corrected chi connectivity index (χ1v) is 5.36. The number of nitrogens with zero attached hydrogens (tertiary/aromatic N) is 3. The molecule has 1 aliphatic rings. The van der Waals surface area contributed by atoms with Gasteiger partial charge in [0.25, 0.3) is 0 Å². The van der Waals surface area contributed by atoms with Crippen molar-refractivity contribution in [2.24, 2.45) is 5.92 Å². The van der Waals surface area contributed by atoms with Crippen LogP contribution in [0.4, 0.5) is 24.8 Å². The summed E-state index contributed by atoms with van der Waals surface area (Å²) in [4.78, 5) is 9.56. The Labute approximate surface area is 96.7 Å². The van der Waals surface area contributed by atoms with Crippen molar-refractivity contribution in [3.63, 3.8) is 0 Å². The maximum atomic E-state index is 12.5. The van der Waals surface area contributed by atoms with Gasteiger partial charge in [0.1, 0.15) is 18.0 Å². The lowest BCUT2D eigenvalue weighted by atomic mass is 9.96. The minimum absolute atomic E-state index is 0.105. The highest BCUT2D eigenvalue weighted by Gasteiger charge is 2.41. The Morgan fingerprint density at radius 1 is 1.24 bits per heavy atom. The number of nitrogen functional groups attached to an aromatic ring is 1. The van der Waals surface area contributed by atoms with Crippen LogP contribution in [-0.2, 0) is 0 Å². The summed E-state index contributed by atoms with van der Waals surface area (Å²) in [5.74, 6) is -0.274. The minimum Gasteiger partial charge on any atom is -0.384 e. The summed E-state index contributed by atoms with van der Waals surface area (Å²) >= 11 is 0. The van der Waals surface area contributed by atoms with E-state index in [4.69, 9.17) is 5.73 Å². The molecule has 0 amide bonds. The zero-order valence-electron chi connectivity index (χ0n) is 9.11. The van der Waals surface area contributed by atoms with E-state index in [9.17, 15) is 13.2 Å². The van der Waals surface area contributed by atoms with Gasteiger partial charge in [0.15, 0.2) is 0 Å². The van der Waals surface area contributed by atoms with E-state index in [1.54, 1.807) is 11.0 Å². The molecule has 1 aromatic rings. The van der Waals surface area contributed by atoms with E-state index in [1.165, 1.54) is 6.33 Å². The summed E-state index contributed by atoms with van der Waals surface area (Å²) in [6.07, 6.45) is -2.56. The van der Waals surface area contributed by atoms with E-state index in [0.717, 1.165) is 0 Å².